The third-order valence-corrected chi connectivity index (χ3v) is 3.92. The lowest BCUT2D eigenvalue weighted by atomic mass is 10.1. The number of ketones is 1. The zero-order valence-corrected chi connectivity index (χ0v) is 12.0. The summed E-state index contributed by atoms with van der Waals surface area (Å²) < 4.78 is 0. The van der Waals surface area contributed by atoms with Crippen LogP contribution in [0.2, 0.25) is 0 Å². The molecular formula is C15H22N2O3. The standard InChI is InChI=1S/C15H22N2O3/c1-3-17-7-6-16(9-11(17)2)10-15(20)12-4-5-13(18)14(19)8-12/h4-5,8,11,18-19H,3,6-7,9-10H2,1-2H3. The molecule has 1 aromatic carbocycles. The average molecular weight is 278 g/mol. The van der Waals surface area contributed by atoms with E-state index in [1.807, 2.05) is 0 Å². The molecule has 5 heteroatoms. The first-order valence-corrected chi connectivity index (χ1v) is 7.02. The Morgan fingerprint density at radius 1 is 1.30 bits per heavy atom. The number of aromatic hydroxyl groups is 2. The number of carbonyl (C=O) groups excluding carboxylic acids is 1. The molecular weight excluding hydrogens is 256 g/mol. The Kier molecular flexibility index (Phi) is 4.62. The molecule has 5 nitrogen and oxygen atoms in total. The van der Waals surface area contributed by atoms with Gasteiger partial charge >= 0.3 is 0 Å². The number of benzene rings is 1. The van der Waals surface area contributed by atoms with Gasteiger partial charge in [-0.2, -0.15) is 0 Å². The number of hydrogen-bond acceptors (Lipinski definition) is 5. The summed E-state index contributed by atoms with van der Waals surface area (Å²) in [6.07, 6.45) is 0. The highest BCUT2D eigenvalue weighted by molar-refractivity contribution is 5.98. The van der Waals surface area contributed by atoms with E-state index in [4.69, 9.17) is 0 Å². The Hall–Kier alpha value is -1.59. The lowest BCUT2D eigenvalue weighted by Gasteiger charge is -2.39. The highest BCUT2D eigenvalue weighted by atomic mass is 16.3. The molecule has 1 aliphatic rings. The monoisotopic (exact) mass is 278 g/mol. The number of phenolic OH excluding ortho intramolecular Hbond substituents is 2. The Morgan fingerprint density at radius 2 is 2.05 bits per heavy atom. The summed E-state index contributed by atoms with van der Waals surface area (Å²) in [5.74, 6) is -0.482. The van der Waals surface area contributed by atoms with Crippen LogP contribution in [0.5, 0.6) is 11.5 Å². The van der Waals surface area contributed by atoms with Crippen molar-refractivity contribution in [3.05, 3.63) is 23.8 Å². The van der Waals surface area contributed by atoms with Crippen LogP contribution in [0.4, 0.5) is 0 Å². The summed E-state index contributed by atoms with van der Waals surface area (Å²) in [4.78, 5) is 16.7. The number of carbonyl (C=O) groups is 1. The van der Waals surface area contributed by atoms with Gasteiger partial charge in [0.05, 0.1) is 6.54 Å². The van der Waals surface area contributed by atoms with Crippen LogP contribution in [-0.4, -0.2) is 64.6 Å². The predicted octanol–water partition coefficient (Wildman–Crippen LogP) is 1.31. The number of likely N-dealkylation sites (N-methyl/N-ethyl adjacent to an activating group) is 1. The number of Topliss-reactive ketones (excluding diaryl/α,β-unsaturated/α-hetero) is 1. The molecule has 1 aliphatic heterocycles. The van der Waals surface area contributed by atoms with Crippen LogP contribution in [0.3, 0.4) is 0 Å². The summed E-state index contributed by atoms with van der Waals surface area (Å²) >= 11 is 0. The quantitative estimate of drug-likeness (QED) is 0.642. The third kappa shape index (κ3) is 3.29. The molecule has 1 atom stereocenters. The first-order valence-electron chi connectivity index (χ1n) is 7.02. The van der Waals surface area contributed by atoms with Crippen molar-refractivity contribution in [2.24, 2.45) is 0 Å². The molecule has 0 amide bonds. The maximum atomic E-state index is 12.2. The minimum Gasteiger partial charge on any atom is -0.504 e. The molecule has 0 aliphatic carbocycles. The second-order valence-corrected chi connectivity index (χ2v) is 5.34. The van der Waals surface area contributed by atoms with Crippen LogP contribution >= 0.6 is 0 Å². The van der Waals surface area contributed by atoms with Gasteiger partial charge in [-0.3, -0.25) is 14.6 Å². The van der Waals surface area contributed by atoms with Crippen molar-refractivity contribution in [1.29, 1.82) is 0 Å². The van der Waals surface area contributed by atoms with Crippen LogP contribution in [0, 0.1) is 0 Å². The fourth-order valence-corrected chi connectivity index (χ4v) is 2.68. The highest BCUT2D eigenvalue weighted by Gasteiger charge is 2.24. The lowest BCUT2D eigenvalue weighted by molar-refractivity contribution is 0.0723. The van der Waals surface area contributed by atoms with E-state index in [1.165, 1.54) is 12.1 Å². The zero-order valence-electron chi connectivity index (χ0n) is 12.0. The van der Waals surface area contributed by atoms with E-state index < -0.39 is 0 Å². The van der Waals surface area contributed by atoms with Gasteiger partial charge in [-0.1, -0.05) is 6.92 Å². The molecule has 2 N–H and O–H groups in total. The molecule has 1 unspecified atom stereocenters. The molecule has 110 valence electrons. The van der Waals surface area contributed by atoms with Crippen LogP contribution in [0.1, 0.15) is 24.2 Å². The van der Waals surface area contributed by atoms with Gasteiger partial charge in [-0.25, -0.2) is 0 Å². The lowest BCUT2D eigenvalue weighted by Crippen LogP contribution is -2.52. The number of nitrogens with zero attached hydrogens (tertiary/aromatic N) is 2. The van der Waals surface area contributed by atoms with Gasteiger partial charge in [0.25, 0.3) is 0 Å². The Balaban J connectivity index is 1.96. The maximum absolute atomic E-state index is 12.2. The number of hydrogen-bond donors (Lipinski definition) is 2. The number of phenols is 2. The van der Waals surface area contributed by atoms with Gasteiger partial charge < -0.3 is 10.2 Å². The van der Waals surface area contributed by atoms with E-state index in [-0.39, 0.29) is 17.3 Å². The molecule has 1 fully saturated rings. The molecule has 20 heavy (non-hydrogen) atoms. The molecule has 1 aromatic rings. The van der Waals surface area contributed by atoms with E-state index in [9.17, 15) is 15.0 Å². The molecule has 1 saturated heterocycles. The van der Waals surface area contributed by atoms with Crippen LogP contribution in [-0.2, 0) is 0 Å². The fourth-order valence-electron chi connectivity index (χ4n) is 2.68. The highest BCUT2D eigenvalue weighted by Crippen LogP contribution is 2.25. The van der Waals surface area contributed by atoms with Gasteiger partial charge in [0, 0.05) is 31.2 Å². The van der Waals surface area contributed by atoms with Gasteiger partial charge in [0.15, 0.2) is 17.3 Å². The van der Waals surface area contributed by atoms with E-state index in [0.29, 0.717) is 18.2 Å². The minimum atomic E-state index is -0.250. The topological polar surface area (TPSA) is 64.0 Å². The first-order chi connectivity index (χ1) is 9.51. The van der Waals surface area contributed by atoms with Crippen molar-refractivity contribution >= 4 is 5.78 Å². The van der Waals surface area contributed by atoms with Crippen LogP contribution in [0.15, 0.2) is 18.2 Å². The molecule has 0 bridgehead atoms. The van der Waals surface area contributed by atoms with E-state index in [2.05, 4.69) is 23.6 Å². The molecule has 2 rings (SSSR count). The number of piperazine rings is 1. The van der Waals surface area contributed by atoms with Crippen molar-refractivity contribution in [1.82, 2.24) is 9.80 Å². The normalized spacial score (nSPS) is 21.0. The van der Waals surface area contributed by atoms with E-state index >= 15 is 0 Å². The van der Waals surface area contributed by atoms with Crippen molar-refractivity contribution < 1.29 is 15.0 Å². The summed E-state index contributed by atoms with van der Waals surface area (Å²) in [5.41, 5.74) is 0.436. The summed E-state index contributed by atoms with van der Waals surface area (Å²) in [6, 6.07) is 4.67. The maximum Gasteiger partial charge on any atom is 0.176 e. The summed E-state index contributed by atoms with van der Waals surface area (Å²) in [7, 11) is 0. The predicted molar refractivity (Wildman–Crippen MR) is 77.3 cm³/mol. The SMILES string of the molecule is CCN1CCN(CC(=O)c2ccc(O)c(O)c2)CC1C. The molecule has 0 saturated carbocycles. The molecule has 0 spiro atoms. The largest absolute Gasteiger partial charge is 0.504 e. The fraction of sp³-hybridized carbons (Fsp3) is 0.533. The van der Waals surface area contributed by atoms with E-state index in [1.54, 1.807) is 6.07 Å². The smallest absolute Gasteiger partial charge is 0.176 e. The van der Waals surface area contributed by atoms with E-state index in [0.717, 1.165) is 26.2 Å². The van der Waals surface area contributed by atoms with Crippen molar-refractivity contribution in [2.75, 3.05) is 32.7 Å². The van der Waals surface area contributed by atoms with Crippen LogP contribution < -0.4 is 0 Å². The van der Waals surface area contributed by atoms with Crippen LogP contribution in [0.25, 0.3) is 0 Å². The van der Waals surface area contributed by atoms with Gasteiger partial charge in [-0.15, -0.1) is 0 Å². The molecule has 0 radical (unpaired) electrons. The van der Waals surface area contributed by atoms with Crippen molar-refractivity contribution in [3.63, 3.8) is 0 Å². The van der Waals surface area contributed by atoms with Gasteiger partial charge in [0.2, 0.25) is 0 Å². The van der Waals surface area contributed by atoms with Crippen molar-refractivity contribution in [2.45, 2.75) is 19.9 Å². The first kappa shape index (κ1) is 14.8. The molecule has 0 aromatic heterocycles. The van der Waals surface area contributed by atoms with Gasteiger partial charge in [0.1, 0.15) is 0 Å². The second kappa shape index (κ2) is 6.24. The summed E-state index contributed by atoms with van der Waals surface area (Å²) in [6.45, 7) is 8.45. The minimum absolute atomic E-state index is 0.0301. The Bertz CT molecular complexity index is 490. The third-order valence-electron chi connectivity index (χ3n) is 3.92. The average Bonchev–Trinajstić information content (AvgIpc) is 2.42. The van der Waals surface area contributed by atoms with Gasteiger partial charge in [-0.05, 0) is 31.7 Å². The van der Waals surface area contributed by atoms with Crippen molar-refractivity contribution in [3.8, 4) is 11.5 Å². The zero-order chi connectivity index (χ0) is 14.7. The number of rotatable bonds is 4. The second-order valence-electron chi connectivity index (χ2n) is 5.34. The summed E-state index contributed by atoms with van der Waals surface area (Å²) in [5, 5.41) is 18.7. The Morgan fingerprint density at radius 3 is 2.65 bits per heavy atom. The Labute approximate surface area is 119 Å². The molecule has 1 heterocycles.